The standard InChI is InChI=1S/C20H25Cl2NO3/c1-4-25-19-10-14(11-23-20(2,3)13-24)8-9-18(19)26-12-15-16(21)6-5-7-17(15)22/h5-10,23-24H,4,11-13H2,1-3H3. The van der Waals surface area contributed by atoms with E-state index < -0.39 is 0 Å². The van der Waals surface area contributed by atoms with E-state index in [1.54, 1.807) is 18.2 Å². The van der Waals surface area contributed by atoms with E-state index in [1.165, 1.54) is 0 Å². The van der Waals surface area contributed by atoms with Crippen molar-refractivity contribution >= 4 is 23.2 Å². The normalized spacial score (nSPS) is 11.5. The second-order valence-electron chi connectivity index (χ2n) is 6.60. The molecule has 0 saturated carbocycles. The molecule has 0 aromatic heterocycles. The fourth-order valence-corrected chi connectivity index (χ4v) is 2.77. The molecule has 0 saturated heterocycles. The monoisotopic (exact) mass is 397 g/mol. The Morgan fingerprint density at radius 3 is 2.35 bits per heavy atom. The third-order valence-corrected chi connectivity index (χ3v) is 4.62. The highest BCUT2D eigenvalue weighted by Crippen LogP contribution is 2.31. The molecule has 2 N–H and O–H groups in total. The molecule has 4 nitrogen and oxygen atoms in total. The molecule has 6 heteroatoms. The van der Waals surface area contributed by atoms with Crippen LogP contribution in [-0.4, -0.2) is 23.9 Å². The second-order valence-corrected chi connectivity index (χ2v) is 7.41. The number of rotatable bonds is 9. The van der Waals surface area contributed by atoms with Crippen molar-refractivity contribution in [1.29, 1.82) is 0 Å². The van der Waals surface area contributed by atoms with Gasteiger partial charge in [-0.2, -0.15) is 0 Å². The van der Waals surface area contributed by atoms with Crippen LogP contribution in [0.15, 0.2) is 36.4 Å². The van der Waals surface area contributed by atoms with Gasteiger partial charge in [-0.3, -0.25) is 0 Å². The summed E-state index contributed by atoms with van der Waals surface area (Å²) in [7, 11) is 0. The van der Waals surface area contributed by atoms with Crippen LogP contribution in [0.2, 0.25) is 10.0 Å². The summed E-state index contributed by atoms with van der Waals surface area (Å²) in [5.74, 6) is 1.30. The highest BCUT2D eigenvalue weighted by Gasteiger charge is 2.16. The first-order valence-corrected chi connectivity index (χ1v) is 9.29. The van der Waals surface area contributed by atoms with Crippen molar-refractivity contribution in [2.45, 2.75) is 39.5 Å². The van der Waals surface area contributed by atoms with Gasteiger partial charge in [0.25, 0.3) is 0 Å². The summed E-state index contributed by atoms with van der Waals surface area (Å²) in [6.07, 6.45) is 0. The van der Waals surface area contributed by atoms with E-state index in [-0.39, 0.29) is 18.8 Å². The lowest BCUT2D eigenvalue weighted by Gasteiger charge is -2.24. The molecule has 0 radical (unpaired) electrons. The SMILES string of the molecule is CCOc1cc(CNC(C)(C)CO)ccc1OCc1c(Cl)cccc1Cl. The predicted octanol–water partition coefficient (Wildman–Crippen LogP) is 4.83. The zero-order chi connectivity index (χ0) is 19.2. The Morgan fingerprint density at radius 1 is 1.04 bits per heavy atom. The summed E-state index contributed by atoms with van der Waals surface area (Å²) < 4.78 is 11.6. The summed E-state index contributed by atoms with van der Waals surface area (Å²) in [6.45, 7) is 7.28. The maximum atomic E-state index is 9.35. The number of benzene rings is 2. The van der Waals surface area contributed by atoms with Gasteiger partial charge in [0.15, 0.2) is 11.5 Å². The van der Waals surface area contributed by atoms with E-state index in [1.807, 2.05) is 39.0 Å². The third kappa shape index (κ3) is 5.78. The highest BCUT2D eigenvalue weighted by atomic mass is 35.5. The number of halogens is 2. The van der Waals surface area contributed by atoms with Gasteiger partial charge in [0.05, 0.1) is 13.2 Å². The molecule has 0 bridgehead atoms. The summed E-state index contributed by atoms with van der Waals surface area (Å²) in [5, 5.41) is 13.8. The van der Waals surface area contributed by atoms with Gasteiger partial charge >= 0.3 is 0 Å². The molecule has 0 aliphatic carbocycles. The second kappa shape index (κ2) is 9.47. The molecule has 0 unspecified atom stereocenters. The Kier molecular flexibility index (Phi) is 7.59. The number of aliphatic hydroxyl groups is 1. The van der Waals surface area contributed by atoms with Gasteiger partial charge in [0, 0.05) is 27.7 Å². The van der Waals surface area contributed by atoms with Crippen molar-refractivity contribution in [3.05, 3.63) is 57.6 Å². The van der Waals surface area contributed by atoms with E-state index in [2.05, 4.69) is 5.32 Å². The Bertz CT molecular complexity index is 715. The Labute approximate surface area is 165 Å². The van der Waals surface area contributed by atoms with Crippen molar-refractivity contribution in [3.63, 3.8) is 0 Å². The number of hydrogen-bond acceptors (Lipinski definition) is 4. The van der Waals surface area contributed by atoms with Crippen LogP contribution in [0.4, 0.5) is 0 Å². The number of ether oxygens (including phenoxy) is 2. The molecule has 0 aliphatic heterocycles. The highest BCUT2D eigenvalue weighted by molar-refractivity contribution is 6.35. The molecule has 0 aliphatic rings. The average molecular weight is 398 g/mol. The van der Waals surface area contributed by atoms with E-state index in [9.17, 15) is 5.11 Å². The van der Waals surface area contributed by atoms with Crippen LogP contribution in [0.5, 0.6) is 11.5 Å². The van der Waals surface area contributed by atoms with Crippen molar-refractivity contribution in [1.82, 2.24) is 5.32 Å². The zero-order valence-corrected chi connectivity index (χ0v) is 16.8. The summed E-state index contributed by atoms with van der Waals surface area (Å²) in [6, 6.07) is 11.1. The largest absolute Gasteiger partial charge is 0.490 e. The number of aliphatic hydroxyl groups excluding tert-OH is 1. The van der Waals surface area contributed by atoms with E-state index in [0.717, 1.165) is 11.1 Å². The predicted molar refractivity (Wildman–Crippen MR) is 106 cm³/mol. The maximum Gasteiger partial charge on any atom is 0.161 e. The van der Waals surface area contributed by atoms with E-state index >= 15 is 0 Å². The maximum absolute atomic E-state index is 9.35. The topological polar surface area (TPSA) is 50.7 Å². The summed E-state index contributed by atoms with van der Waals surface area (Å²) >= 11 is 12.4. The molecule has 0 heterocycles. The Balaban J connectivity index is 2.13. The van der Waals surface area contributed by atoms with Crippen LogP contribution in [0, 0.1) is 0 Å². The van der Waals surface area contributed by atoms with Gasteiger partial charge in [-0.15, -0.1) is 0 Å². The first-order chi connectivity index (χ1) is 12.4. The lowest BCUT2D eigenvalue weighted by molar-refractivity contribution is 0.187. The van der Waals surface area contributed by atoms with Gasteiger partial charge in [-0.25, -0.2) is 0 Å². The molecule has 0 spiro atoms. The van der Waals surface area contributed by atoms with Gasteiger partial charge in [-0.05, 0) is 50.6 Å². The van der Waals surface area contributed by atoms with Crippen LogP contribution < -0.4 is 14.8 Å². The van der Waals surface area contributed by atoms with Crippen LogP contribution >= 0.6 is 23.2 Å². The van der Waals surface area contributed by atoms with Crippen LogP contribution in [0.1, 0.15) is 31.9 Å². The number of nitrogens with one attached hydrogen (secondary N) is 1. The molecule has 2 aromatic rings. The molecule has 26 heavy (non-hydrogen) atoms. The van der Waals surface area contributed by atoms with Gasteiger partial charge in [0.2, 0.25) is 0 Å². The van der Waals surface area contributed by atoms with Crippen molar-refractivity contribution in [2.24, 2.45) is 0 Å². The molecular weight excluding hydrogens is 373 g/mol. The van der Waals surface area contributed by atoms with Gasteiger partial charge in [0.1, 0.15) is 6.61 Å². The first-order valence-electron chi connectivity index (χ1n) is 8.53. The lowest BCUT2D eigenvalue weighted by atomic mass is 10.1. The molecule has 2 aromatic carbocycles. The fourth-order valence-electron chi connectivity index (χ4n) is 2.27. The van der Waals surface area contributed by atoms with E-state index in [0.29, 0.717) is 34.7 Å². The molecular formula is C20H25Cl2NO3. The molecule has 0 amide bonds. The molecule has 2 rings (SSSR count). The molecule has 0 fully saturated rings. The molecule has 0 atom stereocenters. The minimum atomic E-state index is -0.345. The van der Waals surface area contributed by atoms with Crippen LogP contribution in [0.25, 0.3) is 0 Å². The Morgan fingerprint density at radius 2 is 1.73 bits per heavy atom. The van der Waals surface area contributed by atoms with Gasteiger partial charge in [-0.1, -0.05) is 35.3 Å². The quantitative estimate of drug-likeness (QED) is 0.635. The van der Waals surface area contributed by atoms with Gasteiger partial charge < -0.3 is 19.9 Å². The van der Waals surface area contributed by atoms with Crippen LogP contribution in [0.3, 0.4) is 0 Å². The van der Waals surface area contributed by atoms with Crippen LogP contribution in [-0.2, 0) is 13.2 Å². The fraction of sp³-hybridized carbons (Fsp3) is 0.400. The zero-order valence-electron chi connectivity index (χ0n) is 15.3. The van der Waals surface area contributed by atoms with Crippen molar-refractivity contribution in [3.8, 4) is 11.5 Å². The first kappa shape index (κ1) is 20.8. The minimum Gasteiger partial charge on any atom is -0.490 e. The van der Waals surface area contributed by atoms with E-state index in [4.69, 9.17) is 32.7 Å². The number of hydrogen-bond donors (Lipinski definition) is 2. The summed E-state index contributed by atoms with van der Waals surface area (Å²) in [5.41, 5.74) is 1.44. The van der Waals surface area contributed by atoms with Crippen molar-refractivity contribution in [2.75, 3.05) is 13.2 Å². The third-order valence-electron chi connectivity index (χ3n) is 3.91. The minimum absolute atomic E-state index is 0.0606. The lowest BCUT2D eigenvalue weighted by Crippen LogP contribution is -2.42. The summed E-state index contributed by atoms with van der Waals surface area (Å²) in [4.78, 5) is 0. The molecule has 142 valence electrons. The Hall–Kier alpha value is -1.46. The average Bonchev–Trinajstić information content (AvgIpc) is 2.61. The smallest absolute Gasteiger partial charge is 0.161 e. The van der Waals surface area contributed by atoms with Crippen molar-refractivity contribution < 1.29 is 14.6 Å².